The number of carbonyl (C=O) groups excluding carboxylic acids is 2. The number of amides is 2. The van der Waals surface area contributed by atoms with Crippen molar-refractivity contribution in [3.8, 4) is 0 Å². The van der Waals surface area contributed by atoms with Crippen molar-refractivity contribution in [1.29, 1.82) is 0 Å². The SMILES string of the molecule is CN1C(=O)C(O)(Cc2ccccc2)N(C)C(=O)C1Cc1c[nH]c2cccc([NH+]([O-])O)c12. The molecular formula is C22H24N4O5. The molecule has 9 nitrogen and oxygen atoms in total. The lowest BCUT2D eigenvalue weighted by Gasteiger charge is -2.47. The molecule has 0 aliphatic carbocycles. The van der Waals surface area contributed by atoms with E-state index >= 15 is 0 Å². The van der Waals surface area contributed by atoms with Crippen LogP contribution in [0.25, 0.3) is 10.9 Å². The zero-order valence-corrected chi connectivity index (χ0v) is 17.2. The molecule has 3 unspecified atom stereocenters. The number of carbonyl (C=O) groups is 2. The van der Waals surface area contributed by atoms with Crippen molar-refractivity contribution >= 4 is 28.4 Å². The monoisotopic (exact) mass is 424 g/mol. The van der Waals surface area contributed by atoms with Crippen molar-refractivity contribution in [1.82, 2.24) is 14.8 Å². The van der Waals surface area contributed by atoms with Gasteiger partial charge in [0.2, 0.25) is 11.6 Å². The quantitative estimate of drug-likeness (QED) is 0.440. The van der Waals surface area contributed by atoms with Gasteiger partial charge in [-0.15, -0.1) is 0 Å². The first-order valence-electron chi connectivity index (χ1n) is 9.87. The predicted molar refractivity (Wildman–Crippen MR) is 112 cm³/mol. The number of aromatic nitrogens is 1. The Morgan fingerprint density at radius 3 is 2.52 bits per heavy atom. The lowest BCUT2D eigenvalue weighted by atomic mass is 9.92. The average molecular weight is 424 g/mol. The number of hydrogen-bond donors (Lipinski definition) is 4. The zero-order valence-electron chi connectivity index (χ0n) is 17.2. The van der Waals surface area contributed by atoms with Crippen LogP contribution in [-0.2, 0) is 22.4 Å². The third kappa shape index (κ3) is 3.47. The van der Waals surface area contributed by atoms with Crippen LogP contribution in [0.15, 0.2) is 54.7 Å². The van der Waals surface area contributed by atoms with Gasteiger partial charge in [-0.05, 0) is 17.2 Å². The molecule has 0 bridgehead atoms. The molecule has 3 aromatic rings. The van der Waals surface area contributed by atoms with Crippen LogP contribution in [0.1, 0.15) is 11.1 Å². The largest absolute Gasteiger partial charge is 0.595 e. The molecule has 2 amide bonds. The maximum atomic E-state index is 13.2. The Morgan fingerprint density at radius 1 is 1.13 bits per heavy atom. The van der Waals surface area contributed by atoms with E-state index in [4.69, 9.17) is 0 Å². The number of nitrogens with one attached hydrogen (secondary N) is 2. The van der Waals surface area contributed by atoms with E-state index in [-0.39, 0.29) is 18.5 Å². The van der Waals surface area contributed by atoms with E-state index in [1.54, 1.807) is 42.6 Å². The summed E-state index contributed by atoms with van der Waals surface area (Å²) in [6, 6.07) is 13.1. The molecule has 3 atom stereocenters. The molecule has 1 aliphatic rings. The first kappa shape index (κ1) is 21.0. The molecule has 0 saturated carbocycles. The summed E-state index contributed by atoms with van der Waals surface area (Å²) in [4.78, 5) is 31.8. The molecule has 2 heterocycles. The van der Waals surface area contributed by atoms with Crippen LogP contribution in [0.5, 0.6) is 0 Å². The lowest BCUT2D eigenvalue weighted by molar-refractivity contribution is -0.990. The van der Waals surface area contributed by atoms with Crippen LogP contribution in [-0.4, -0.2) is 62.8 Å². The number of aliphatic hydroxyl groups is 1. The fourth-order valence-electron chi connectivity index (χ4n) is 4.24. The summed E-state index contributed by atoms with van der Waals surface area (Å²) in [6.45, 7) is 0. The summed E-state index contributed by atoms with van der Waals surface area (Å²) in [7, 11) is 2.90. The fourth-order valence-corrected chi connectivity index (χ4v) is 4.24. The summed E-state index contributed by atoms with van der Waals surface area (Å²) in [5.41, 5.74) is 0.123. The summed E-state index contributed by atoms with van der Waals surface area (Å²) < 4.78 is 0. The number of quaternary nitrogens is 1. The maximum Gasteiger partial charge on any atom is 0.276 e. The number of aromatic amines is 1. The highest BCUT2D eigenvalue weighted by molar-refractivity contribution is 5.99. The van der Waals surface area contributed by atoms with E-state index in [9.17, 15) is 25.1 Å². The Bertz CT molecular complexity index is 1130. The Labute approximate surface area is 178 Å². The summed E-state index contributed by atoms with van der Waals surface area (Å²) in [6.07, 6.45) is 1.76. The van der Waals surface area contributed by atoms with Crippen molar-refractivity contribution < 1.29 is 25.1 Å². The third-order valence-electron chi connectivity index (χ3n) is 6.03. The van der Waals surface area contributed by atoms with Crippen LogP contribution >= 0.6 is 0 Å². The molecular weight excluding hydrogens is 400 g/mol. The molecule has 9 heteroatoms. The molecule has 1 aromatic heterocycles. The van der Waals surface area contributed by atoms with Gasteiger partial charge < -0.3 is 25.1 Å². The van der Waals surface area contributed by atoms with E-state index in [0.29, 0.717) is 16.5 Å². The number of fused-ring (bicyclic) bond motifs is 1. The molecule has 2 aromatic carbocycles. The second-order valence-electron chi connectivity index (χ2n) is 7.86. The molecule has 1 saturated heterocycles. The average Bonchev–Trinajstić information content (AvgIpc) is 3.18. The standard InChI is InChI=1S/C22H24N4O5/c1-24-18(11-15-13-23-16-9-6-10-17(19(15)16)26(30)31)20(27)25(2)22(29,21(24)28)12-14-7-4-3-5-8-14/h3-10,13,18,23,26,29-30H,11-12H2,1-2H3. The second-order valence-corrected chi connectivity index (χ2v) is 7.86. The number of H-pyrrole nitrogens is 1. The fraction of sp³-hybridized carbons (Fsp3) is 0.273. The van der Waals surface area contributed by atoms with Gasteiger partial charge in [0.05, 0.1) is 10.9 Å². The molecule has 1 fully saturated rings. The number of rotatable bonds is 5. The van der Waals surface area contributed by atoms with Gasteiger partial charge in [0.25, 0.3) is 5.91 Å². The Hall–Kier alpha value is -3.24. The van der Waals surface area contributed by atoms with Gasteiger partial charge in [-0.25, -0.2) is 5.21 Å². The Morgan fingerprint density at radius 2 is 1.84 bits per heavy atom. The third-order valence-corrected chi connectivity index (χ3v) is 6.03. The van der Waals surface area contributed by atoms with E-state index in [1.165, 1.54) is 25.1 Å². The van der Waals surface area contributed by atoms with Gasteiger partial charge in [0, 0.05) is 39.2 Å². The molecule has 4 rings (SSSR count). The van der Waals surface area contributed by atoms with Crippen molar-refractivity contribution in [3.63, 3.8) is 0 Å². The molecule has 0 radical (unpaired) electrons. The summed E-state index contributed by atoms with van der Waals surface area (Å²) in [5, 5.41) is 31.8. The number of benzene rings is 2. The topological polar surface area (TPSA) is 124 Å². The summed E-state index contributed by atoms with van der Waals surface area (Å²) in [5.74, 6) is -0.996. The second kappa shape index (κ2) is 7.78. The van der Waals surface area contributed by atoms with E-state index < -0.39 is 28.8 Å². The zero-order chi connectivity index (χ0) is 22.3. The highest BCUT2D eigenvalue weighted by Gasteiger charge is 2.52. The van der Waals surface area contributed by atoms with Gasteiger partial charge in [0.15, 0.2) is 5.69 Å². The number of likely N-dealkylation sites (N-methyl/N-ethyl adjacent to an activating group) is 2. The molecule has 162 valence electrons. The van der Waals surface area contributed by atoms with Gasteiger partial charge in [0.1, 0.15) is 6.04 Å². The molecule has 31 heavy (non-hydrogen) atoms. The van der Waals surface area contributed by atoms with E-state index in [1.807, 2.05) is 6.07 Å². The normalized spacial score (nSPS) is 22.9. The van der Waals surface area contributed by atoms with Gasteiger partial charge >= 0.3 is 0 Å². The predicted octanol–water partition coefficient (Wildman–Crippen LogP) is 0.344. The summed E-state index contributed by atoms with van der Waals surface area (Å²) >= 11 is 0. The van der Waals surface area contributed by atoms with Crippen molar-refractivity contribution in [2.75, 3.05) is 14.1 Å². The highest BCUT2D eigenvalue weighted by atomic mass is 16.8. The number of nitrogens with zero attached hydrogens (tertiary/aromatic N) is 2. The Kier molecular flexibility index (Phi) is 5.28. The van der Waals surface area contributed by atoms with Crippen LogP contribution in [0.4, 0.5) is 5.69 Å². The van der Waals surface area contributed by atoms with Crippen molar-refractivity contribution in [3.05, 3.63) is 71.1 Å². The molecule has 4 N–H and O–H groups in total. The van der Waals surface area contributed by atoms with Gasteiger partial charge in [-0.1, -0.05) is 36.4 Å². The first-order valence-corrected chi connectivity index (χ1v) is 9.87. The molecule has 1 aliphatic heterocycles. The van der Waals surface area contributed by atoms with Crippen molar-refractivity contribution in [2.45, 2.75) is 24.6 Å². The minimum atomic E-state index is -1.99. The van der Waals surface area contributed by atoms with E-state index in [2.05, 4.69) is 4.98 Å². The van der Waals surface area contributed by atoms with Crippen LogP contribution in [0, 0.1) is 5.21 Å². The van der Waals surface area contributed by atoms with Crippen molar-refractivity contribution in [2.24, 2.45) is 0 Å². The van der Waals surface area contributed by atoms with Gasteiger partial charge in [-0.3, -0.25) is 9.59 Å². The first-order chi connectivity index (χ1) is 14.7. The smallest absolute Gasteiger partial charge is 0.276 e. The number of hydrogen-bond acceptors (Lipinski definition) is 5. The highest BCUT2D eigenvalue weighted by Crippen LogP contribution is 2.31. The van der Waals surface area contributed by atoms with Gasteiger partial charge in [-0.2, -0.15) is 5.23 Å². The lowest BCUT2D eigenvalue weighted by Crippen LogP contribution is -2.99. The molecule has 0 spiro atoms. The van der Waals surface area contributed by atoms with Crippen LogP contribution < -0.4 is 5.23 Å². The van der Waals surface area contributed by atoms with Crippen LogP contribution in [0.3, 0.4) is 0 Å². The van der Waals surface area contributed by atoms with Crippen LogP contribution in [0.2, 0.25) is 0 Å². The Balaban J connectivity index is 1.66. The number of piperazine rings is 1. The minimum absolute atomic E-state index is 0.0256. The minimum Gasteiger partial charge on any atom is -0.595 e. The maximum absolute atomic E-state index is 13.2. The van der Waals surface area contributed by atoms with E-state index in [0.717, 1.165) is 10.5 Å².